The van der Waals surface area contributed by atoms with Gasteiger partial charge in [0.1, 0.15) is 11.4 Å². The van der Waals surface area contributed by atoms with E-state index in [1.165, 1.54) is 0 Å². The van der Waals surface area contributed by atoms with Crippen LogP contribution in [0.5, 0.6) is 5.75 Å². The van der Waals surface area contributed by atoms with Gasteiger partial charge in [-0.2, -0.15) is 5.26 Å². The fraction of sp³-hybridized carbons (Fsp3) is 0.158. The van der Waals surface area contributed by atoms with Crippen LogP contribution in [0.2, 0.25) is 0 Å². The summed E-state index contributed by atoms with van der Waals surface area (Å²) in [5.74, 6) is 1.50. The molecule has 1 aromatic heterocycles. The molecule has 0 aliphatic heterocycles. The van der Waals surface area contributed by atoms with Gasteiger partial charge in [-0.3, -0.25) is 0 Å². The maximum atomic E-state index is 8.94. The number of ether oxygens (including phenoxy) is 1. The lowest BCUT2D eigenvalue weighted by Gasteiger charge is -2.04. The maximum Gasteiger partial charge on any atom is 0.170 e. The SMILES string of the molecule is COc1ccc(-c2onc(-c3ccccc3)c2CCC#N)cc1. The Morgan fingerprint density at radius 2 is 1.78 bits per heavy atom. The molecule has 0 fully saturated rings. The molecule has 0 amide bonds. The zero-order chi connectivity index (χ0) is 16.1. The van der Waals surface area contributed by atoms with Crippen LogP contribution in [0.4, 0.5) is 0 Å². The fourth-order valence-electron chi connectivity index (χ4n) is 2.51. The summed E-state index contributed by atoms with van der Waals surface area (Å²) in [4.78, 5) is 0. The highest BCUT2D eigenvalue weighted by atomic mass is 16.5. The van der Waals surface area contributed by atoms with Crippen molar-refractivity contribution in [3.05, 3.63) is 60.2 Å². The van der Waals surface area contributed by atoms with Gasteiger partial charge >= 0.3 is 0 Å². The van der Waals surface area contributed by atoms with E-state index in [0.29, 0.717) is 18.6 Å². The monoisotopic (exact) mass is 304 g/mol. The number of methoxy groups -OCH3 is 1. The molecule has 0 saturated heterocycles. The highest BCUT2D eigenvalue weighted by Crippen LogP contribution is 2.33. The normalized spacial score (nSPS) is 10.3. The molecule has 0 saturated carbocycles. The summed E-state index contributed by atoms with van der Waals surface area (Å²) >= 11 is 0. The lowest BCUT2D eigenvalue weighted by Crippen LogP contribution is -1.90. The number of nitrogens with zero attached hydrogens (tertiary/aromatic N) is 2. The van der Waals surface area contributed by atoms with Crippen molar-refractivity contribution in [3.63, 3.8) is 0 Å². The van der Waals surface area contributed by atoms with Crippen LogP contribution in [0, 0.1) is 11.3 Å². The highest BCUT2D eigenvalue weighted by Gasteiger charge is 2.18. The average Bonchev–Trinajstić information content (AvgIpc) is 3.04. The molecule has 23 heavy (non-hydrogen) atoms. The van der Waals surface area contributed by atoms with Gasteiger partial charge in [0, 0.05) is 23.1 Å². The first-order valence-electron chi connectivity index (χ1n) is 7.39. The smallest absolute Gasteiger partial charge is 0.170 e. The van der Waals surface area contributed by atoms with Crippen LogP contribution in [0.3, 0.4) is 0 Å². The van der Waals surface area contributed by atoms with Crippen molar-refractivity contribution >= 4 is 0 Å². The third-order valence-electron chi connectivity index (χ3n) is 3.67. The fourth-order valence-corrected chi connectivity index (χ4v) is 2.51. The molecular weight excluding hydrogens is 288 g/mol. The average molecular weight is 304 g/mol. The van der Waals surface area contributed by atoms with Gasteiger partial charge in [0.15, 0.2) is 5.76 Å². The molecule has 3 rings (SSSR count). The van der Waals surface area contributed by atoms with Crippen molar-refractivity contribution in [2.75, 3.05) is 7.11 Å². The molecule has 0 spiro atoms. The molecule has 0 aliphatic carbocycles. The molecule has 0 N–H and O–H groups in total. The first-order valence-corrected chi connectivity index (χ1v) is 7.39. The molecule has 1 heterocycles. The van der Waals surface area contributed by atoms with E-state index in [4.69, 9.17) is 14.5 Å². The van der Waals surface area contributed by atoms with Gasteiger partial charge in [-0.15, -0.1) is 0 Å². The van der Waals surface area contributed by atoms with Gasteiger partial charge < -0.3 is 9.26 Å². The Morgan fingerprint density at radius 3 is 2.43 bits per heavy atom. The largest absolute Gasteiger partial charge is 0.497 e. The summed E-state index contributed by atoms with van der Waals surface area (Å²) < 4.78 is 10.8. The van der Waals surface area contributed by atoms with Crippen LogP contribution < -0.4 is 4.74 Å². The zero-order valence-electron chi connectivity index (χ0n) is 12.8. The van der Waals surface area contributed by atoms with Crippen LogP contribution in [0.1, 0.15) is 12.0 Å². The second-order valence-electron chi connectivity index (χ2n) is 5.09. The third kappa shape index (κ3) is 3.09. The van der Waals surface area contributed by atoms with Crippen LogP contribution >= 0.6 is 0 Å². The molecule has 114 valence electrons. The number of hydrogen-bond acceptors (Lipinski definition) is 4. The van der Waals surface area contributed by atoms with E-state index in [1.54, 1.807) is 7.11 Å². The Labute approximate surface area is 134 Å². The minimum Gasteiger partial charge on any atom is -0.497 e. The standard InChI is InChI=1S/C19H16N2O2/c1-22-16-11-9-15(10-12-16)19-17(8-5-13-20)18(21-23-19)14-6-3-2-4-7-14/h2-4,6-7,9-12H,5,8H2,1H3. The highest BCUT2D eigenvalue weighted by molar-refractivity contribution is 5.72. The molecule has 0 atom stereocenters. The Bertz CT molecular complexity index is 815. The first kappa shape index (κ1) is 14.9. The molecular formula is C19H16N2O2. The summed E-state index contributed by atoms with van der Waals surface area (Å²) in [6, 6.07) is 19.7. The predicted molar refractivity (Wildman–Crippen MR) is 87.9 cm³/mol. The summed E-state index contributed by atoms with van der Waals surface area (Å²) in [7, 11) is 1.63. The Balaban J connectivity index is 2.06. The number of benzene rings is 2. The van der Waals surface area contributed by atoms with Gasteiger partial charge in [0.05, 0.1) is 13.2 Å². The Kier molecular flexibility index (Phi) is 4.39. The zero-order valence-corrected chi connectivity index (χ0v) is 12.8. The quantitative estimate of drug-likeness (QED) is 0.697. The first-order chi connectivity index (χ1) is 11.3. The molecule has 3 aromatic rings. The molecule has 0 bridgehead atoms. The van der Waals surface area contributed by atoms with E-state index in [2.05, 4.69) is 11.2 Å². The second kappa shape index (κ2) is 6.80. The van der Waals surface area contributed by atoms with Crippen molar-refractivity contribution in [1.29, 1.82) is 5.26 Å². The van der Waals surface area contributed by atoms with Crippen LogP contribution in [0.25, 0.3) is 22.6 Å². The lowest BCUT2D eigenvalue weighted by molar-refractivity contribution is 0.414. The molecule has 2 aromatic carbocycles. The summed E-state index contributed by atoms with van der Waals surface area (Å²) in [6.45, 7) is 0. The van der Waals surface area contributed by atoms with Gasteiger partial charge in [0.2, 0.25) is 0 Å². The van der Waals surface area contributed by atoms with E-state index in [9.17, 15) is 0 Å². The molecule has 0 aliphatic rings. The van der Waals surface area contributed by atoms with E-state index < -0.39 is 0 Å². The molecule has 0 radical (unpaired) electrons. The summed E-state index contributed by atoms with van der Waals surface area (Å²) in [6.07, 6.45) is 1.02. The van der Waals surface area contributed by atoms with Gasteiger partial charge in [-0.05, 0) is 30.7 Å². The third-order valence-corrected chi connectivity index (χ3v) is 3.67. The lowest BCUT2D eigenvalue weighted by atomic mass is 9.99. The Morgan fingerprint density at radius 1 is 1.04 bits per heavy atom. The van der Waals surface area contributed by atoms with Gasteiger partial charge in [0.25, 0.3) is 0 Å². The minimum absolute atomic E-state index is 0.421. The summed E-state index contributed by atoms with van der Waals surface area (Å²) in [5.41, 5.74) is 3.67. The maximum absolute atomic E-state index is 8.94. The van der Waals surface area contributed by atoms with Crippen molar-refractivity contribution in [2.24, 2.45) is 0 Å². The van der Waals surface area contributed by atoms with E-state index >= 15 is 0 Å². The number of nitriles is 1. The predicted octanol–water partition coefficient (Wildman–Crippen LogP) is 4.47. The second-order valence-corrected chi connectivity index (χ2v) is 5.09. The topological polar surface area (TPSA) is 59.1 Å². The van der Waals surface area contributed by atoms with Crippen molar-refractivity contribution < 1.29 is 9.26 Å². The van der Waals surface area contributed by atoms with Crippen molar-refractivity contribution in [2.45, 2.75) is 12.8 Å². The van der Waals surface area contributed by atoms with Crippen LogP contribution in [-0.2, 0) is 6.42 Å². The minimum atomic E-state index is 0.421. The van der Waals surface area contributed by atoms with Gasteiger partial charge in [-0.25, -0.2) is 0 Å². The van der Waals surface area contributed by atoms with E-state index in [1.807, 2.05) is 54.6 Å². The van der Waals surface area contributed by atoms with E-state index in [-0.39, 0.29) is 0 Å². The number of rotatable bonds is 5. The van der Waals surface area contributed by atoms with Crippen molar-refractivity contribution in [1.82, 2.24) is 5.16 Å². The molecule has 0 unspecified atom stereocenters. The van der Waals surface area contributed by atoms with E-state index in [0.717, 1.165) is 28.1 Å². The molecule has 4 heteroatoms. The Hall–Kier alpha value is -3.06. The van der Waals surface area contributed by atoms with Crippen LogP contribution in [0.15, 0.2) is 59.1 Å². The number of aromatic nitrogens is 1. The van der Waals surface area contributed by atoms with Crippen molar-refractivity contribution in [3.8, 4) is 34.4 Å². The molecule has 4 nitrogen and oxygen atoms in total. The van der Waals surface area contributed by atoms with Crippen LogP contribution in [-0.4, -0.2) is 12.3 Å². The number of hydrogen-bond donors (Lipinski definition) is 0. The summed E-state index contributed by atoms with van der Waals surface area (Å²) in [5, 5.41) is 13.2. The van der Waals surface area contributed by atoms with Gasteiger partial charge in [-0.1, -0.05) is 35.5 Å².